The zero-order chi connectivity index (χ0) is 14.4. The minimum absolute atomic E-state index is 0.0872. The third kappa shape index (κ3) is 4.71. The Kier molecular flexibility index (Phi) is 5.51. The predicted molar refractivity (Wildman–Crippen MR) is 74.3 cm³/mol. The molecule has 104 valence electrons. The number of carboxylic acid groups (broad SMARTS) is 1. The zero-order valence-electron chi connectivity index (χ0n) is 11.5. The SMILES string of the molecule is CCNC(CC(=O)Nc1ccc(C)c(C)c1)C(=O)O. The molecule has 0 aliphatic heterocycles. The number of rotatable bonds is 6. The highest BCUT2D eigenvalue weighted by molar-refractivity contribution is 5.94. The minimum Gasteiger partial charge on any atom is -0.480 e. The molecule has 5 heteroatoms. The van der Waals surface area contributed by atoms with Crippen LogP contribution in [0.25, 0.3) is 0 Å². The molecular weight excluding hydrogens is 244 g/mol. The number of amides is 1. The maximum Gasteiger partial charge on any atom is 0.321 e. The van der Waals surface area contributed by atoms with Crippen LogP contribution in [-0.2, 0) is 9.59 Å². The lowest BCUT2D eigenvalue weighted by Crippen LogP contribution is -2.39. The Balaban J connectivity index is 2.63. The molecular formula is C14H20N2O3. The van der Waals surface area contributed by atoms with Crippen LogP contribution in [0.15, 0.2) is 18.2 Å². The van der Waals surface area contributed by atoms with Crippen molar-refractivity contribution in [3.05, 3.63) is 29.3 Å². The molecule has 1 atom stereocenters. The van der Waals surface area contributed by atoms with Crippen molar-refractivity contribution in [3.63, 3.8) is 0 Å². The van der Waals surface area contributed by atoms with Crippen LogP contribution in [0.3, 0.4) is 0 Å². The van der Waals surface area contributed by atoms with E-state index in [0.29, 0.717) is 12.2 Å². The average Bonchev–Trinajstić information content (AvgIpc) is 2.33. The van der Waals surface area contributed by atoms with Crippen LogP contribution >= 0.6 is 0 Å². The summed E-state index contributed by atoms with van der Waals surface area (Å²) in [6, 6.07) is 4.75. The molecule has 0 spiro atoms. The Morgan fingerprint density at radius 3 is 2.47 bits per heavy atom. The van der Waals surface area contributed by atoms with Crippen LogP contribution in [0.2, 0.25) is 0 Å². The van der Waals surface area contributed by atoms with E-state index in [4.69, 9.17) is 5.11 Å². The van der Waals surface area contributed by atoms with Gasteiger partial charge < -0.3 is 15.7 Å². The molecule has 1 aromatic carbocycles. The Morgan fingerprint density at radius 1 is 1.26 bits per heavy atom. The van der Waals surface area contributed by atoms with Crippen molar-refractivity contribution < 1.29 is 14.7 Å². The fraction of sp³-hybridized carbons (Fsp3) is 0.429. The van der Waals surface area contributed by atoms with Gasteiger partial charge in [0, 0.05) is 5.69 Å². The van der Waals surface area contributed by atoms with Gasteiger partial charge in [-0.2, -0.15) is 0 Å². The van der Waals surface area contributed by atoms with Crippen molar-refractivity contribution in [2.24, 2.45) is 0 Å². The van der Waals surface area contributed by atoms with Gasteiger partial charge in [0.05, 0.1) is 6.42 Å². The predicted octanol–water partition coefficient (Wildman–Crippen LogP) is 1.69. The largest absolute Gasteiger partial charge is 0.480 e. The molecule has 1 unspecified atom stereocenters. The summed E-state index contributed by atoms with van der Waals surface area (Å²) in [6.07, 6.45) is -0.0872. The average molecular weight is 264 g/mol. The van der Waals surface area contributed by atoms with Gasteiger partial charge in [0.2, 0.25) is 5.91 Å². The monoisotopic (exact) mass is 264 g/mol. The molecule has 1 rings (SSSR count). The first kappa shape index (κ1) is 15.2. The van der Waals surface area contributed by atoms with E-state index in [9.17, 15) is 9.59 Å². The molecule has 19 heavy (non-hydrogen) atoms. The van der Waals surface area contributed by atoms with Gasteiger partial charge >= 0.3 is 5.97 Å². The van der Waals surface area contributed by atoms with Gasteiger partial charge in [0.1, 0.15) is 6.04 Å². The van der Waals surface area contributed by atoms with E-state index < -0.39 is 12.0 Å². The number of carbonyl (C=O) groups is 2. The Hall–Kier alpha value is -1.88. The van der Waals surface area contributed by atoms with Crippen LogP contribution in [0.1, 0.15) is 24.5 Å². The molecule has 1 amide bonds. The van der Waals surface area contributed by atoms with Crippen molar-refractivity contribution in [3.8, 4) is 0 Å². The second-order valence-corrected chi connectivity index (χ2v) is 4.50. The van der Waals surface area contributed by atoms with Crippen LogP contribution in [0, 0.1) is 13.8 Å². The summed E-state index contributed by atoms with van der Waals surface area (Å²) in [5, 5.41) is 14.4. The van der Waals surface area contributed by atoms with Crippen LogP contribution in [0.5, 0.6) is 0 Å². The molecule has 3 N–H and O–H groups in total. The maximum atomic E-state index is 11.8. The summed E-state index contributed by atoms with van der Waals surface area (Å²) in [7, 11) is 0. The lowest BCUT2D eigenvalue weighted by Gasteiger charge is -2.13. The van der Waals surface area contributed by atoms with Gasteiger partial charge in [0.15, 0.2) is 0 Å². The number of hydrogen-bond acceptors (Lipinski definition) is 3. The third-order valence-electron chi connectivity index (χ3n) is 2.93. The summed E-state index contributed by atoms with van der Waals surface area (Å²) >= 11 is 0. The zero-order valence-corrected chi connectivity index (χ0v) is 11.5. The van der Waals surface area contributed by atoms with Gasteiger partial charge in [-0.1, -0.05) is 13.0 Å². The molecule has 0 bridgehead atoms. The van der Waals surface area contributed by atoms with E-state index >= 15 is 0 Å². The molecule has 0 saturated heterocycles. The number of carboxylic acids is 1. The third-order valence-corrected chi connectivity index (χ3v) is 2.93. The first-order valence-corrected chi connectivity index (χ1v) is 6.27. The van der Waals surface area contributed by atoms with E-state index in [2.05, 4.69) is 10.6 Å². The van der Waals surface area contributed by atoms with Crippen LogP contribution in [0.4, 0.5) is 5.69 Å². The first-order chi connectivity index (χ1) is 8.93. The number of anilines is 1. The van der Waals surface area contributed by atoms with E-state index in [1.807, 2.05) is 32.0 Å². The number of aryl methyl sites for hydroxylation is 2. The van der Waals surface area contributed by atoms with E-state index in [0.717, 1.165) is 11.1 Å². The Bertz CT molecular complexity index is 472. The summed E-state index contributed by atoms with van der Waals surface area (Å²) < 4.78 is 0. The summed E-state index contributed by atoms with van der Waals surface area (Å²) in [5.74, 6) is -1.33. The maximum absolute atomic E-state index is 11.8. The van der Waals surface area contributed by atoms with Gasteiger partial charge in [-0.25, -0.2) is 0 Å². The number of hydrogen-bond donors (Lipinski definition) is 3. The van der Waals surface area contributed by atoms with Gasteiger partial charge in [0.25, 0.3) is 0 Å². The highest BCUT2D eigenvalue weighted by atomic mass is 16.4. The molecule has 0 aliphatic rings. The number of likely N-dealkylation sites (N-methyl/N-ethyl adjacent to an activating group) is 1. The molecule has 0 fully saturated rings. The summed E-state index contributed by atoms with van der Waals surface area (Å²) in [6.45, 7) is 6.27. The second kappa shape index (κ2) is 6.89. The molecule has 0 radical (unpaired) electrons. The Morgan fingerprint density at radius 2 is 1.95 bits per heavy atom. The minimum atomic E-state index is -1.02. The van der Waals surface area contributed by atoms with Crippen LogP contribution < -0.4 is 10.6 Å². The van der Waals surface area contributed by atoms with Gasteiger partial charge in [-0.15, -0.1) is 0 Å². The lowest BCUT2D eigenvalue weighted by molar-refractivity contribution is -0.141. The fourth-order valence-electron chi connectivity index (χ4n) is 1.71. The van der Waals surface area contributed by atoms with E-state index in [-0.39, 0.29) is 12.3 Å². The van der Waals surface area contributed by atoms with E-state index in [1.54, 1.807) is 6.92 Å². The van der Waals surface area contributed by atoms with Crippen molar-refractivity contribution in [2.45, 2.75) is 33.2 Å². The quantitative estimate of drug-likeness (QED) is 0.730. The topological polar surface area (TPSA) is 78.4 Å². The highest BCUT2D eigenvalue weighted by Crippen LogP contribution is 2.14. The molecule has 0 heterocycles. The highest BCUT2D eigenvalue weighted by Gasteiger charge is 2.19. The summed E-state index contributed by atoms with van der Waals surface area (Å²) in [4.78, 5) is 22.7. The fourth-order valence-corrected chi connectivity index (χ4v) is 1.71. The van der Waals surface area contributed by atoms with Crippen molar-refractivity contribution in [1.82, 2.24) is 5.32 Å². The van der Waals surface area contributed by atoms with Crippen molar-refractivity contribution in [1.29, 1.82) is 0 Å². The van der Waals surface area contributed by atoms with E-state index in [1.165, 1.54) is 0 Å². The van der Waals surface area contributed by atoms with Crippen molar-refractivity contribution >= 4 is 17.6 Å². The molecule has 5 nitrogen and oxygen atoms in total. The number of benzene rings is 1. The molecule has 0 aliphatic carbocycles. The Labute approximate surface area is 113 Å². The number of carbonyl (C=O) groups excluding carboxylic acids is 1. The first-order valence-electron chi connectivity index (χ1n) is 6.27. The molecule has 0 aromatic heterocycles. The standard InChI is InChI=1S/C14H20N2O3/c1-4-15-12(14(18)19)8-13(17)16-11-6-5-9(2)10(3)7-11/h5-7,12,15H,4,8H2,1-3H3,(H,16,17)(H,18,19). The number of aliphatic carboxylic acids is 1. The normalized spacial score (nSPS) is 11.9. The lowest BCUT2D eigenvalue weighted by atomic mass is 10.1. The van der Waals surface area contributed by atoms with Gasteiger partial charge in [-0.3, -0.25) is 9.59 Å². The second-order valence-electron chi connectivity index (χ2n) is 4.50. The summed E-state index contributed by atoms with van der Waals surface area (Å²) in [5.41, 5.74) is 2.92. The van der Waals surface area contributed by atoms with Crippen molar-refractivity contribution in [2.75, 3.05) is 11.9 Å². The van der Waals surface area contributed by atoms with Gasteiger partial charge in [-0.05, 0) is 43.7 Å². The number of nitrogens with one attached hydrogen (secondary N) is 2. The molecule has 0 saturated carbocycles. The molecule has 1 aromatic rings. The smallest absolute Gasteiger partial charge is 0.321 e. The van der Waals surface area contributed by atoms with Crippen LogP contribution in [-0.4, -0.2) is 29.6 Å².